The number of hydrogen-bond acceptors (Lipinski definition) is 5. The lowest BCUT2D eigenvalue weighted by Gasteiger charge is -2.28. The van der Waals surface area contributed by atoms with Gasteiger partial charge in [0.15, 0.2) is 0 Å². The quantitative estimate of drug-likeness (QED) is 0.365. The molecule has 4 N–H and O–H groups in total. The molecular weight excluding hydrogens is 486 g/mol. The van der Waals surface area contributed by atoms with Crippen LogP contribution >= 0.6 is 11.8 Å². The molecule has 1 heterocycles. The van der Waals surface area contributed by atoms with Crippen molar-refractivity contribution in [2.75, 3.05) is 12.3 Å². The van der Waals surface area contributed by atoms with Gasteiger partial charge in [-0.15, -0.1) is 11.8 Å². The van der Waals surface area contributed by atoms with Crippen LogP contribution in [-0.2, 0) is 14.4 Å². The Labute approximate surface area is 221 Å². The van der Waals surface area contributed by atoms with Crippen LogP contribution in [0, 0.1) is 5.92 Å². The molecule has 3 aromatic rings. The Hall–Kier alpha value is -3.36. The monoisotopic (exact) mass is 519 g/mol. The van der Waals surface area contributed by atoms with Crippen LogP contribution in [0.5, 0.6) is 0 Å². The second kappa shape index (κ2) is 12.3. The van der Waals surface area contributed by atoms with Gasteiger partial charge in [-0.25, -0.2) is 0 Å². The molecule has 1 aliphatic rings. The molecule has 0 spiro atoms. The van der Waals surface area contributed by atoms with E-state index in [1.54, 1.807) is 36.0 Å². The number of nitrogens with one attached hydrogen (secondary N) is 3. The van der Waals surface area contributed by atoms with Gasteiger partial charge in [-0.05, 0) is 34.2 Å². The van der Waals surface area contributed by atoms with Crippen LogP contribution in [0.2, 0.25) is 0 Å². The molecule has 3 aromatic carbocycles. The zero-order valence-corrected chi connectivity index (χ0v) is 21.8. The summed E-state index contributed by atoms with van der Waals surface area (Å²) in [5.74, 6) is -0.592. The summed E-state index contributed by atoms with van der Waals surface area (Å²) in [5, 5.41) is 20.7. The molecule has 1 saturated heterocycles. The van der Waals surface area contributed by atoms with Crippen molar-refractivity contribution in [1.29, 1.82) is 0 Å². The van der Waals surface area contributed by atoms with E-state index in [1.165, 1.54) is 0 Å². The number of carbonyl (C=O) groups excluding carboxylic acids is 3. The fraction of sp³-hybridized carbons (Fsp3) is 0.345. The second-order valence-electron chi connectivity index (χ2n) is 9.63. The van der Waals surface area contributed by atoms with Crippen LogP contribution in [0.3, 0.4) is 0 Å². The number of aliphatic hydroxyl groups excluding tert-OH is 1. The number of rotatable bonds is 8. The second-order valence-corrected chi connectivity index (χ2v) is 10.9. The third kappa shape index (κ3) is 6.50. The van der Waals surface area contributed by atoms with E-state index >= 15 is 0 Å². The fourth-order valence-corrected chi connectivity index (χ4v) is 5.83. The van der Waals surface area contributed by atoms with Gasteiger partial charge in [-0.1, -0.05) is 86.6 Å². The minimum Gasteiger partial charge on any atom is -0.383 e. The van der Waals surface area contributed by atoms with Gasteiger partial charge in [0.1, 0.15) is 18.2 Å². The summed E-state index contributed by atoms with van der Waals surface area (Å²) in [6.45, 7) is 4.32. The van der Waals surface area contributed by atoms with Gasteiger partial charge >= 0.3 is 0 Å². The molecule has 0 unspecified atom stereocenters. The third-order valence-corrected chi connectivity index (χ3v) is 7.72. The standard InChI is InChI=1S/C29H33N3O4S/c1-18(2)17-23(33)27(34)31-24(20-10-4-3-5-11-20)29(36)32-25-26(37-16-15-30-28(25)35)22-14-8-12-19-9-6-7-13-21(19)22/h3-14,18,23-26,33H,15-17H2,1-2H3,(H,30,35)(H,31,34)(H,32,36)/t23-,24-,25-,26+/m0/s1. The smallest absolute Gasteiger partial charge is 0.249 e. The molecule has 0 saturated carbocycles. The van der Waals surface area contributed by atoms with Crippen LogP contribution in [0.1, 0.15) is 42.7 Å². The maximum absolute atomic E-state index is 13.7. The molecule has 7 nitrogen and oxygen atoms in total. The molecule has 4 rings (SSSR count). The third-order valence-electron chi connectivity index (χ3n) is 6.39. The van der Waals surface area contributed by atoms with Crippen molar-refractivity contribution in [2.45, 2.75) is 43.7 Å². The highest BCUT2D eigenvalue weighted by Crippen LogP contribution is 2.37. The van der Waals surface area contributed by atoms with Gasteiger partial charge in [-0.2, -0.15) is 0 Å². The molecule has 194 valence electrons. The van der Waals surface area contributed by atoms with E-state index in [0.29, 0.717) is 17.9 Å². The van der Waals surface area contributed by atoms with Gasteiger partial charge in [-0.3, -0.25) is 14.4 Å². The molecule has 3 amide bonds. The average Bonchev–Trinajstić information content (AvgIpc) is 3.07. The first-order chi connectivity index (χ1) is 17.8. The molecule has 1 aliphatic heterocycles. The van der Waals surface area contributed by atoms with E-state index in [9.17, 15) is 19.5 Å². The van der Waals surface area contributed by atoms with Crippen molar-refractivity contribution in [1.82, 2.24) is 16.0 Å². The fourth-order valence-electron chi connectivity index (χ4n) is 4.59. The number of amides is 3. The maximum atomic E-state index is 13.7. The summed E-state index contributed by atoms with van der Waals surface area (Å²) >= 11 is 1.61. The van der Waals surface area contributed by atoms with Crippen LogP contribution in [-0.4, -0.2) is 47.3 Å². The van der Waals surface area contributed by atoms with Gasteiger partial charge < -0.3 is 21.1 Å². The minimum absolute atomic E-state index is 0.109. The van der Waals surface area contributed by atoms with Crippen LogP contribution in [0.4, 0.5) is 0 Å². The molecular formula is C29H33N3O4S. The molecule has 0 bridgehead atoms. The lowest BCUT2D eigenvalue weighted by molar-refractivity contribution is -0.135. The highest BCUT2D eigenvalue weighted by atomic mass is 32.2. The topological polar surface area (TPSA) is 108 Å². The minimum atomic E-state index is -1.24. The van der Waals surface area contributed by atoms with Crippen molar-refractivity contribution in [3.05, 3.63) is 83.9 Å². The summed E-state index contributed by atoms with van der Waals surface area (Å²) in [5.41, 5.74) is 1.53. The largest absolute Gasteiger partial charge is 0.383 e. The summed E-state index contributed by atoms with van der Waals surface area (Å²) in [6, 6.07) is 20.9. The molecule has 0 radical (unpaired) electrons. The molecule has 1 fully saturated rings. The highest BCUT2D eigenvalue weighted by Gasteiger charge is 2.36. The Morgan fingerprint density at radius 2 is 1.70 bits per heavy atom. The van der Waals surface area contributed by atoms with E-state index in [2.05, 4.69) is 16.0 Å². The number of aliphatic hydroxyl groups is 1. The molecule has 0 aliphatic carbocycles. The van der Waals surface area contributed by atoms with Crippen molar-refractivity contribution in [3.63, 3.8) is 0 Å². The van der Waals surface area contributed by atoms with Gasteiger partial charge in [0.05, 0.1) is 5.25 Å². The lowest BCUT2D eigenvalue weighted by Crippen LogP contribution is -2.52. The maximum Gasteiger partial charge on any atom is 0.249 e. The van der Waals surface area contributed by atoms with Crippen molar-refractivity contribution in [2.24, 2.45) is 5.92 Å². The van der Waals surface area contributed by atoms with Gasteiger partial charge in [0.25, 0.3) is 0 Å². The van der Waals surface area contributed by atoms with Crippen LogP contribution < -0.4 is 16.0 Å². The van der Waals surface area contributed by atoms with E-state index < -0.39 is 30.0 Å². The lowest BCUT2D eigenvalue weighted by atomic mass is 9.97. The van der Waals surface area contributed by atoms with Crippen LogP contribution in [0.15, 0.2) is 72.8 Å². The zero-order valence-electron chi connectivity index (χ0n) is 21.0. The van der Waals surface area contributed by atoms with E-state index in [-0.39, 0.29) is 23.5 Å². The Kier molecular flexibility index (Phi) is 8.84. The zero-order chi connectivity index (χ0) is 26.4. The predicted octanol–water partition coefficient (Wildman–Crippen LogP) is 3.49. The molecule has 0 aromatic heterocycles. The van der Waals surface area contributed by atoms with E-state index in [4.69, 9.17) is 0 Å². The molecule has 4 atom stereocenters. The molecule has 37 heavy (non-hydrogen) atoms. The normalized spacial score (nSPS) is 19.5. The summed E-state index contributed by atoms with van der Waals surface area (Å²) in [4.78, 5) is 39.7. The Morgan fingerprint density at radius 3 is 2.46 bits per heavy atom. The Morgan fingerprint density at radius 1 is 1.00 bits per heavy atom. The highest BCUT2D eigenvalue weighted by molar-refractivity contribution is 7.99. The van der Waals surface area contributed by atoms with Crippen molar-refractivity contribution >= 4 is 40.3 Å². The SMILES string of the molecule is CC(C)C[C@H](O)C(=O)N[C@H](C(=O)N[C@@H]1C(=O)NCCS[C@@H]1c1cccc2ccccc12)c1ccccc1. The van der Waals surface area contributed by atoms with E-state index in [1.807, 2.05) is 62.4 Å². The van der Waals surface area contributed by atoms with Crippen LogP contribution in [0.25, 0.3) is 10.8 Å². The Bertz CT molecular complexity index is 1240. The van der Waals surface area contributed by atoms with Gasteiger partial charge in [0.2, 0.25) is 17.7 Å². The number of fused-ring (bicyclic) bond motifs is 1. The molecule has 8 heteroatoms. The van der Waals surface area contributed by atoms with Crippen molar-refractivity contribution < 1.29 is 19.5 Å². The Balaban J connectivity index is 1.64. The number of thioether (sulfide) groups is 1. The number of carbonyl (C=O) groups is 3. The number of hydrogen-bond donors (Lipinski definition) is 4. The number of benzene rings is 3. The summed E-state index contributed by atoms with van der Waals surface area (Å²) in [7, 11) is 0. The van der Waals surface area contributed by atoms with Gasteiger partial charge in [0, 0.05) is 12.3 Å². The first-order valence-electron chi connectivity index (χ1n) is 12.6. The summed E-state index contributed by atoms with van der Waals surface area (Å²) < 4.78 is 0. The predicted molar refractivity (Wildman–Crippen MR) is 147 cm³/mol. The first kappa shape index (κ1) is 26.7. The van der Waals surface area contributed by atoms with Crippen molar-refractivity contribution in [3.8, 4) is 0 Å². The summed E-state index contributed by atoms with van der Waals surface area (Å²) in [6.07, 6.45) is -0.959. The average molecular weight is 520 g/mol. The van der Waals surface area contributed by atoms with E-state index in [0.717, 1.165) is 16.3 Å². The first-order valence-corrected chi connectivity index (χ1v) is 13.6.